The highest BCUT2D eigenvalue weighted by Crippen LogP contribution is 2.29. The molecule has 4 rings (SSSR count). The van der Waals surface area contributed by atoms with Gasteiger partial charge in [0.15, 0.2) is 5.82 Å². The molecule has 0 bridgehead atoms. The third kappa shape index (κ3) is 4.09. The second-order valence-corrected chi connectivity index (χ2v) is 7.00. The van der Waals surface area contributed by atoms with Crippen LogP contribution in [0.15, 0.2) is 36.4 Å². The van der Waals surface area contributed by atoms with Gasteiger partial charge in [0.05, 0.1) is 24.4 Å². The van der Waals surface area contributed by atoms with Crippen LogP contribution in [-0.2, 0) is 11.3 Å². The maximum Gasteiger partial charge on any atom is 0.251 e. The number of hydrogen-bond acceptors (Lipinski definition) is 6. The Morgan fingerprint density at radius 2 is 1.75 bits per heavy atom. The fourth-order valence-corrected chi connectivity index (χ4v) is 3.27. The summed E-state index contributed by atoms with van der Waals surface area (Å²) in [5.74, 6) is -3.24. The van der Waals surface area contributed by atoms with E-state index in [4.69, 9.17) is 9.47 Å². The van der Waals surface area contributed by atoms with E-state index in [9.17, 15) is 18.3 Å². The highest BCUT2D eigenvalue weighted by atomic mass is 19.1. The first-order valence-electron chi connectivity index (χ1n) is 9.67. The van der Waals surface area contributed by atoms with Crippen LogP contribution in [0.4, 0.5) is 13.2 Å². The third-order valence-electron chi connectivity index (χ3n) is 4.85. The standard InChI is InChI=1S/C22H19F3N4O3/c1-12-19(25)22(30)27-21(26-12)20-14-5-3-4-6-18(14)29(28-20)11-15-16(23)9-13(10-17(15)24)32-8-7-31-2/h3-6,9-10H,7-8,11H2,1-2H3,(H,26,27,30). The summed E-state index contributed by atoms with van der Waals surface area (Å²) in [4.78, 5) is 7.83. The minimum atomic E-state index is -0.922. The maximum atomic E-state index is 14.7. The topological polar surface area (TPSA) is 82.3 Å². The Bertz CT molecular complexity index is 1250. The molecule has 2 aromatic carbocycles. The smallest absolute Gasteiger partial charge is 0.251 e. The van der Waals surface area contributed by atoms with Gasteiger partial charge in [0, 0.05) is 30.2 Å². The number of halogens is 3. The fourth-order valence-electron chi connectivity index (χ4n) is 3.27. The average molecular weight is 444 g/mol. The molecule has 32 heavy (non-hydrogen) atoms. The summed E-state index contributed by atoms with van der Waals surface area (Å²) in [6.07, 6.45) is 0. The molecule has 7 nitrogen and oxygen atoms in total. The van der Waals surface area contributed by atoms with Gasteiger partial charge in [-0.1, -0.05) is 18.2 Å². The van der Waals surface area contributed by atoms with Gasteiger partial charge in [0.25, 0.3) is 5.88 Å². The molecule has 0 atom stereocenters. The summed E-state index contributed by atoms with van der Waals surface area (Å²) in [6.45, 7) is 1.61. The quantitative estimate of drug-likeness (QED) is 0.434. The molecule has 4 aromatic rings. The lowest BCUT2D eigenvalue weighted by atomic mass is 10.1. The third-order valence-corrected chi connectivity index (χ3v) is 4.85. The zero-order valence-electron chi connectivity index (χ0n) is 17.3. The van der Waals surface area contributed by atoms with Gasteiger partial charge in [-0.3, -0.25) is 4.68 Å². The van der Waals surface area contributed by atoms with Crippen molar-refractivity contribution < 1.29 is 27.8 Å². The Hall–Kier alpha value is -3.66. The summed E-state index contributed by atoms with van der Waals surface area (Å²) < 4.78 is 54.7. The normalized spacial score (nSPS) is 11.3. The first-order chi connectivity index (χ1) is 15.4. The molecule has 0 aliphatic heterocycles. The van der Waals surface area contributed by atoms with Crippen LogP contribution in [0, 0.1) is 24.4 Å². The molecular formula is C22H19F3N4O3. The molecule has 10 heteroatoms. The number of aryl methyl sites for hydroxylation is 1. The van der Waals surface area contributed by atoms with Gasteiger partial charge in [0.2, 0.25) is 5.82 Å². The van der Waals surface area contributed by atoms with E-state index in [2.05, 4.69) is 15.1 Å². The minimum absolute atomic E-state index is 0.000755. The van der Waals surface area contributed by atoms with Crippen molar-refractivity contribution in [2.75, 3.05) is 20.3 Å². The second kappa shape index (κ2) is 8.83. The van der Waals surface area contributed by atoms with Crippen molar-refractivity contribution in [3.8, 4) is 23.1 Å². The van der Waals surface area contributed by atoms with Crippen molar-refractivity contribution >= 4 is 10.9 Å². The van der Waals surface area contributed by atoms with Gasteiger partial charge in [-0.25, -0.2) is 13.8 Å². The minimum Gasteiger partial charge on any atom is -0.491 e. The Morgan fingerprint density at radius 1 is 1.03 bits per heavy atom. The number of para-hydroxylation sites is 1. The predicted molar refractivity (Wildman–Crippen MR) is 110 cm³/mol. The van der Waals surface area contributed by atoms with Crippen molar-refractivity contribution in [1.82, 2.24) is 19.7 Å². The van der Waals surface area contributed by atoms with E-state index < -0.39 is 23.3 Å². The molecular weight excluding hydrogens is 425 g/mol. The Morgan fingerprint density at radius 3 is 2.44 bits per heavy atom. The van der Waals surface area contributed by atoms with Crippen LogP contribution < -0.4 is 4.74 Å². The van der Waals surface area contributed by atoms with E-state index in [0.29, 0.717) is 10.9 Å². The van der Waals surface area contributed by atoms with Crippen LogP contribution in [0.5, 0.6) is 11.6 Å². The molecule has 0 aliphatic carbocycles. The van der Waals surface area contributed by atoms with Crippen LogP contribution >= 0.6 is 0 Å². The number of benzene rings is 2. The molecule has 1 N–H and O–H groups in total. The first kappa shape index (κ1) is 21.6. The van der Waals surface area contributed by atoms with Crippen LogP contribution in [0.25, 0.3) is 22.4 Å². The lowest BCUT2D eigenvalue weighted by molar-refractivity contribution is 0.146. The largest absolute Gasteiger partial charge is 0.491 e. The summed E-state index contributed by atoms with van der Waals surface area (Å²) in [5.41, 5.74) is 0.557. The summed E-state index contributed by atoms with van der Waals surface area (Å²) in [5, 5.41) is 14.7. The molecule has 166 valence electrons. The van der Waals surface area contributed by atoms with Gasteiger partial charge in [-0.15, -0.1) is 0 Å². The zero-order chi connectivity index (χ0) is 22.8. The second-order valence-electron chi connectivity index (χ2n) is 7.00. The zero-order valence-corrected chi connectivity index (χ0v) is 17.3. The fraction of sp³-hybridized carbons (Fsp3) is 0.227. The van der Waals surface area contributed by atoms with Crippen LogP contribution in [-0.4, -0.2) is 45.2 Å². The van der Waals surface area contributed by atoms with Crippen molar-refractivity contribution in [2.45, 2.75) is 13.5 Å². The Balaban J connectivity index is 1.74. The first-order valence-corrected chi connectivity index (χ1v) is 9.67. The number of aromatic hydroxyl groups is 1. The van der Waals surface area contributed by atoms with Gasteiger partial charge in [-0.2, -0.15) is 14.5 Å². The Labute approximate surface area is 181 Å². The lowest BCUT2D eigenvalue weighted by Gasteiger charge is -2.10. The molecule has 0 aliphatic rings. The van der Waals surface area contributed by atoms with Crippen LogP contribution in [0.2, 0.25) is 0 Å². The molecule has 0 fully saturated rings. The number of nitrogens with zero attached hydrogens (tertiary/aromatic N) is 4. The molecule has 2 heterocycles. The molecule has 0 radical (unpaired) electrons. The number of hydrogen-bond donors (Lipinski definition) is 1. The SMILES string of the molecule is COCCOc1cc(F)c(Cn2nc(-c3nc(C)c(F)c(O)n3)c3ccccc32)c(F)c1. The van der Waals surface area contributed by atoms with Gasteiger partial charge >= 0.3 is 0 Å². The van der Waals surface area contributed by atoms with Gasteiger partial charge in [-0.05, 0) is 13.0 Å². The van der Waals surface area contributed by atoms with Crippen LogP contribution in [0.1, 0.15) is 11.3 Å². The van der Waals surface area contributed by atoms with E-state index in [1.807, 2.05) is 0 Å². The molecule has 0 unspecified atom stereocenters. The number of rotatable bonds is 7. The van der Waals surface area contributed by atoms with E-state index in [1.54, 1.807) is 24.3 Å². The van der Waals surface area contributed by atoms with E-state index in [-0.39, 0.29) is 48.3 Å². The van der Waals surface area contributed by atoms with E-state index >= 15 is 0 Å². The highest BCUT2D eigenvalue weighted by molar-refractivity contribution is 5.91. The molecule has 0 spiro atoms. The maximum absolute atomic E-state index is 14.7. The number of methoxy groups -OCH3 is 1. The summed E-state index contributed by atoms with van der Waals surface area (Å²) in [6, 6.07) is 9.16. The van der Waals surface area contributed by atoms with E-state index in [0.717, 1.165) is 12.1 Å². The van der Waals surface area contributed by atoms with Crippen LogP contribution in [0.3, 0.4) is 0 Å². The lowest BCUT2D eigenvalue weighted by Crippen LogP contribution is -2.09. The molecule has 2 aromatic heterocycles. The number of aromatic nitrogens is 4. The molecule has 0 amide bonds. The van der Waals surface area contributed by atoms with Gasteiger partial charge < -0.3 is 14.6 Å². The molecule has 0 saturated heterocycles. The predicted octanol–water partition coefficient (Wildman–Crippen LogP) is 4.00. The molecule has 0 saturated carbocycles. The monoisotopic (exact) mass is 444 g/mol. The van der Waals surface area contributed by atoms with Crippen molar-refractivity contribution in [2.24, 2.45) is 0 Å². The highest BCUT2D eigenvalue weighted by Gasteiger charge is 2.20. The summed E-state index contributed by atoms with van der Waals surface area (Å²) >= 11 is 0. The number of ether oxygens (including phenoxy) is 2. The van der Waals surface area contributed by atoms with Crippen molar-refractivity contribution in [3.05, 3.63) is 65.1 Å². The average Bonchev–Trinajstić information content (AvgIpc) is 3.13. The summed E-state index contributed by atoms with van der Waals surface area (Å²) in [7, 11) is 1.50. The Kier molecular flexibility index (Phi) is 5.95. The van der Waals surface area contributed by atoms with Crippen molar-refractivity contribution in [1.29, 1.82) is 0 Å². The van der Waals surface area contributed by atoms with Gasteiger partial charge in [0.1, 0.15) is 29.7 Å². The van der Waals surface area contributed by atoms with Crippen molar-refractivity contribution in [3.63, 3.8) is 0 Å². The number of fused-ring (bicyclic) bond motifs is 1. The van der Waals surface area contributed by atoms with E-state index in [1.165, 1.54) is 18.7 Å².